The fraction of sp³-hybridized carbons (Fsp3) is 0.818. The Hall–Kier alpha value is -1.14. The van der Waals surface area contributed by atoms with Gasteiger partial charge in [-0.15, -0.1) is 0 Å². The molecule has 0 N–H and O–H groups in total. The van der Waals surface area contributed by atoms with E-state index in [2.05, 4.69) is 4.74 Å². The highest BCUT2D eigenvalue weighted by Gasteiger charge is 2.22. The van der Waals surface area contributed by atoms with E-state index in [0.717, 1.165) is 0 Å². The number of rotatable bonds is 0. The van der Waals surface area contributed by atoms with Gasteiger partial charge in [0.2, 0.25) is 0 Å². The predicted octanol–water partition coefficient (Wildman–Crippen LogP) is 0.980. The molecule has 17 heavy (non-hydrogen) atoms. The summed E-state index contributed by atoms with van der Waals surface area (Å²) in [6.07, 6.45) is 0.461. The summed E-state index contributed by atoms with van der Waals surface area (Å²) in [6.45, 7) is 5.55. The Morgan fingerprint density at radius 3 is 2.06 bits per heavy atom. The molecule has 0 saturated carbocycles. The first-order chi connectivity index (χ1) is 7.97. The van der Waals surface area contributed by atoms with Gasteiger partial charge in [0.1, 0.15) is 0 Å². The molecule has 2 saturated heterocycles. The third kappa shape index (κ3) is 5.65. The van der Waals surface area contributed by atoms with Crippen molar-refractivity contribution in [2.45, 2.75) is 52.1 Å². The third-order valence-corrected chi connectivity index (χ3v) is 2.20. The van der Waals surface area contributed by atoms with E-state index >= 15 is 0 Å². The van der Waals surface area contributed by atoms with Crippen LogP contribution >= 0.6 is 0 Å². The second kappa shape index (κ2) is 6.56. The van der Waals surface area contributed by atoms with Crippen LogP contribution in [0.3, 0.4) is 0 Å². The zero-order valence-corrected chi connectivity index (χ0v) is 10.3. The number of carbonyl (C=O) groups excluding carboxylic acids is 2. The monoisotopic (exact) mass is 246 g/mol. The lowest BCUT2D eigenvalue weighted by Gasteiger charge is -2.24. The number of hydrogen-bond donors (Lipinski definition) is 0. The molecule has 98 valence electrons. The maximum Gasteiger partial charge on any atom is 0.310 e. The quantitative estimate of drug-likeness (QED) is 0.593. The molecule has 3 unspecified atom stereocenters. The molecule has 0 bridgehead atoms. The standard InChI is InChI=1S/C6H10O3.C5H8O3/c1-4-3-6(7)9-5(2)8-4;1-4-2-5(6)8-3-7-4/h4-5H,3H2,1-2H3;4H,2-3H2,1H3. The minimum Gasteiger partial charge on any atom is -0.438 e. The molecule has 6 heteroatoms. The van der Waals surface area contributed by atoms with Crippen molar-refractivity contribution in [3.05, 3.63) is 0 Å². The summed E-state index contributed by atoms with van der Waals surface area (Å²) >= 11 is 0. The van der Waals surface area contributed by atoms with Gasteiger partial charge in [0.15, 0.2) is 13.1 Å². The van der Waals surface area contributed by atoms with Gasteiger partial charge < -0.3 is 18.9 Å². The van der Waals surface area contributed by atoms with Crippen molar-refractivity contribution < 1.29 is 28.5 Å². The Bertz CT molecular complexity index is 265. The SMILES string of the molecule is CC1CC(=O)OC(C)O1.CC1CC(=O)OCO1. The summed E-state index contributed by atoms with van der Waals surface area (Å²) in [4.78, 5) is 21.0. The Morgan fingerprint density at radius 1 is 1.00 bits per heavy atom. The normalized spacial score (nSPS) is 33.0. The van der Waals surface area contributed by atoms with E-state index in [1.165, 1.54) is 0 Å². The predicted molar refractivity (Wildman–Crippen MR) is 56.8 cm³/mol. The van der Waals surface area contributed by atoms with E-state index in [1.807, 2.05) is 13.8 Å². The highest BCUT2D eigenvalue weighted by molar-refractivity contribution is 5.70. The lowest BCUT2D eigenvalue weighted by atomic mass is 10.3. The molecule has 2 heterocycles. The molecular formula is C11H18O6. The van der Waals surface area contributed by atoms with Gasteiger partial charge in [-0.1, -0.05) is 0 Å². The lowest BCUT2D eigenvalue weighted by Crippen LogP contribution is -2.31. The van der Waals surface area contributed by atoms with Gasteiger partial charge in [-0.25, -0.2) is 0 Å². The number of carbonyl (C=O) groups is 2. The van der Waals surface area contributed by atoms with Gasteiger partial charge >= 0.3 is 11.9 Å². The Morgan fingerprint density at radius 2 is 1.65 bits per heavy atom. The van der Waals surface area contributed by atoms with Crippen LogP contribution in [-0.2, 0) is 28.5 Å². The van der Waals surface area contributed by atoms with Crippen molar-refractivity contribution in [2.75, 3.05) is 6.79 Å². The number of ether oxygens (including phenoxy) is 4. The Balaban J connectivity index is 0.000000171. The van der Waals surface area contributed by atoms with Crippen molar-refractivity contribution in [2.24, 2.45) is 0 Å². The molecule has 2 aliphatic heterocycles. The summed E-state index contributed by atoms with van der Waals surface area (Å²) in [6, 6.07) is 0. The van der Waals surface area contributed by atoms with E-state index in [1.54, 1.807) is 6.92 Å². The molecule has 0 aromatic rings. The summed E-state index contributed by atoms with van der Waals surface area (Å²) in [5, 5.41) is 0. The molecule has 6 nitrogen and oxygen atoms in total. The van der Waals surface area contributed by atoms with E-state index < -0.39 is 0 Å². The fourth-order valence-electron chi connectivity index (χ4n) is 1.44. The van der Waals surface area contributed by atoms with Crippen LogP contribution in [0.25, 0.3) is 0 Å². The number of cyclic esters (lactones) is 2. The highest BCUT2D eigenvalue weighted by atomic mass is 16.7. The summed E-state index contributed by atoms with van der Waals surface area (Å²) in [7, 11) is 0. The van der Waals surface area contributed by atoms with Gasteiger partial charge in [-0.2, -0.15) is 0 Å². The van der Waals surface area contributed by atoms with E-state index in [9.17, 15) is 9.59 Å². The average Bonchev–Trinajstić information content (AvgIpc) is 2.15. The third-order valence-electron chi connectivity index (χ3n) is 2.20. The first-order valence-electron chi connectivity index (χ1n) is 5.59. The van der Waals surface area contributed by atoms with Gasteiger partial charge in [-0.3, -0.25) is 9.59 Å². The maximum absolute atomic E-state index is 10.6. The van der Waals surface area contributed by atoms with Crippen molar-refractivity contribution in [3.63, 3.8) is 0 Å². The minimum atomic E-state index is -0.360. The van der Waals surface area contributed by atoms with Crippen molar-refractivity contribution in [3.8, 4) is 0 Å². The molecule has 0 spiro atoms. The largest absolute Gasteiger partial charge is 0.438 e. The van der Waals surface area contributed by atoms with Crippen molar-refractivity contribution in [1.29, 1.82) is 0 Å². The van der Waals surface area contributed by atoms with Gasteiger partial charge in [0.05, 0.1) is 25.0 Å². The van der Waals surface area contributed by atoms with E-state index in [4.69, 9.17) is 14.2 Å². The molecule has 0 aliphatic carbocycles. The molecule has 0 radical (unpaired) electrons. The van der Waals surface area contributed by atoms with Crippen molar-refractivity contribution >= 4 is 11.9 Å². The van der Waals surface area contributed by atoms with Crippen LogP contribution in [0, 0.1) is 0 Å². The zero-order chi connectivity index (χ0) is 12.8. The van der Waals surface area contributed by atoms with Crippen LogP contribution in [0.15, 0.2) is 0 Å². The molecule has 3 atom stereocenters. The first kappa shape index (κ1) is 13.9. The Kier molecular flexibility index (Phi) is 5.37. The molecule has 0 amide bonds. The van der Waals surface area contributed by atoms with Gasteiger partial charge in [0.25, 0.3) is 0 Å². The molecule has 0 aromatic carbocycles. The van der Waals surface area contributed by atoms with Gasteiger partial charge in [-0.05, 0) is 20.8 Å². The Labute approximate surface area is 100 Å². The van der Waals surface area contributed by atoms with Crippen LogP contribution in [0.5, 0.6) is 0 Å². The second-order valence-corrected chi connectivity index (χ2v) is 4.02. The van der Waals surface area contributed by atoms with Crippen molar-refractivity contribution in [1.82, 2.24) is 0 Å². The topological polar surface area (TPSA) is 71.1 Å². The highest BCUT2D eigenvalue weighted by Crippen LogP contribution is 2.11. The van der Waals surface area contributed by atoms with Crippen LogP contribution in [0.4, 0.5) is 0 Å². The fourth-order valence-corrected chi connectivity index (χ4v) is 1.44. The number of hydrogen-bond acceptors (Lipinski definition) is 6. The minimum absolute atomic E-state index is 0.0150. The zero-order valence-electron chi connectivity index (χ0n) is 10.3. The smallest absolute Gasteiger partial charge is 0.310 e. The summed E-state index contributed by atoms with van der Waals surface area (Å²) in [5.41, 5.74) is 0. The molecule has 2 rings (SSSR count). The van der Waals surface area contributed by atoms with Crippen LogP contribution in [0.2, 0.25) is 0 Å². The maximum atomic E-state index is 10.6. The first-order valence-corrected chi connectivity index (χ1v) is 5.59. The summed E-state index contributed by atoms with van der Waals surface area (Å²) < 4.78 is 19.2. The molecular weight excluding hydrogens is 228 g/mol. The van der Waals surface area contributed by atoms with Crippen LogP contribution in [0.1, 0.15) is 33.6 Å². The number of esters is 2. The second-order valence-electron chi connectivity index (χ2n) is 4.02. The average molecular weight is 246 g/mol. The lowest BCUT2D eigenvalue weighted by molar-refractivity contribution is -0.206. The summed E-state index contributed by atoms with van der Waals surface area (Å²) in [5.74, 6) is -0.329. The van der Waals surface area contributed by atoms with Crippen LogP contribution < -0.4 is 0 Å². The molecule has 0 aromatic heterocycles. The van der Waals surface area contributed by atoms with E-state index in [0.29, 0.717) is 12.8 Å². The molecule has 2 aliphatic rings. The van der Waals surface area contributed by atoms with Crippen LogP contribution in [-0.4, -0.2) is 37.2 Å². The van der Waals surface area contributed by atoms with Gasteiger partial charge in [0, 0.05) is 0 Å². The van der Waals surface area contributed by atoms with E-state index in [-0.39, 0.29) is 37.2 Å². The molecule has 2 fully saturated rings.